The molecule has 0 aliphatic rings. The third-order valence-electron chi connectivity index (χ3n) is 3.16. The van der Waals surface area contributed by atoms with Crippen LogP contribution in [0, 0.1) is 19.7 Å². The van der Waals surface area contributed by atoms with E-state index in [0.717, 1.165) is 11.1 Å². The molecule has 2 aromatic rings. The molecule has 0 saturated heterocycles. The van der Waals surface area contributed by atoms with Gasteiger partial charge in [0.25, 0.3) is 0 Å². The monoisotopic (exact) mass is 306 g/mol. The molecule has 0 fully saturated rings. The second kappa shape index (κ2) is 6.72. The molecule has 0 N–H and O–H groups in total. The third-order valence-corrected chi connectivity index (χ3v) is 3.75. The van der Waals surface area contributed by atoms with Crippen molar-refractivity contribution in [2.24, 2.45) is 0 Å². The van der Waals surface area contributed by atoms with E-state index in [4.69, 9.17) is 16.3 Å². The van der Waals surface area contributed by atoms with Crippen molar-refractivity contribution in [2.75, 3.05) is 6.61 Å². The van der Waals surface area contributed by atoms with Crippen molar-refractivity contribution in [2.45, 2.75) is 20.3 Å². The fourth-order valence-electron chi connectivity index (χ4n) is 2.06. The molecule has 0 aromatic heterocycles. The van der Waals surface area contributed by atoms with Gasteiger partial charge in [-0.05, 0) is 48.7 Å². The molecule has 0 spiro atoms. The van der Waals surface area contributed by atoms with E-state index in [9.17, 15) is 9.18 Å². The molecule has 0 radical (unpaired) electrons. The summed E-state index contributed by atoms with van der Waals surface area (Å²) in [4.78, 5) is 11.9. The summed E-state index contributed by atoms with van der Waals surface area (Å²) in [5.41, 5.74) is 2.18. The van der Waals surface area contributed by atoms with Crippen LogP contribution in [-0.4, -0.2) is 12.4 Å². The van der Waals surface area contributed by atoms with E-state index in [0.29, 0.717) is 16.3 Å². The zero-order valence-electron chi connectivity index (χ0n) is 12.0. The molecule has 0 saturated carbocycles. The number of benzene rings is 2. The summed E-state index contributed by atoms with van der Waals surface area (Å²) in [6, 6.07) is 9.81. The Balaban J connectivity index is 1.97. The highest BCUT2D eigenvalue weighted by atomic mass is 35.5. The first-order valence-corrected chi connectivity index (χ1v) is 7.00. The fourth-order valence-corrected chi connectivity index (χ4v) is 2.17. The molecule has 2 nitrogen and oxygen atoms in total. The quantitative estimate of drug-likeness (QED) is 0.824. The van der Waals surface area contributed by atoms with Gasteiger partial charge in [0.15, 0.2) is 5.78 Å². The minimum absolute atomic E-state index is 0.0260. The second-order valence-corrected chi connectivity index (χ2v) is 5.34. The summed E-state index contributed by atoms with van der Waals surface area (Å²) in [6.07, 6.45) is 0.0260. The Hall–Kier alpha value is -1.87. The molecular formula is C17H16ClFO2. The van der Waals surface area contributed by atoms with Crippen molar-refractivity contribution in [3.05, 3.63) is 63.9 Å². The first-order valence-electron chi connectivity index (χ1n) is 6.62. The van der Waals surface area contributed by atoms with Gasteiger partial charge >= 0.3 is 0 Å². The van der Waals surface area contributed by atoms with Crippen molar-refractivity contribution in [1.29, 1.82) is 0 Å². The van der Waals surface area contributed by atoms with Crippen molar-refractivity contribution >= 4 is 17.4 Å². The number of hydrogen-bond acceptors (Lipinski definition) is 2. The average molecular weight is 307 g/mol. The Morgan fingerprint density at radius 3 is 2.43 bits per heavy atom. The van der Waals surface area contributed by atoms with Crippen LogP contribution < -0.4 is 4.74 Å². The lowest BCUT2D eigenvalue weighted by Gasteiger charge is -2.09. The number of rotatable bonds is 5. The van der Waals surface area contributed by atoms with Gasteiger partial charge in [-0.15, -0.1) is 0 Å². The highest BCUT2D eigenvalue weighted by Crippen LogP contribution is 2.25. The zero-order valence-corrected chi connectivity index (χ0v) is 12.7. The third kappa shape index (κ3) is 4.05. The van der Waals surface area contributed by atoms with Crippen LogP contribution in [0.5, 0.6) is 5.75 Å². The Morgan fingerprint density at radius 1 is 1.19 bits per heavy atom. The number of halogens is 2. The molecule has 0 unspecified atom stereocenters. The molecule has 0 heterocycles. The van der Waals surface area contributed by atoms with Crippen LogP contribution in [0.2, 0.25) is 5.02 Å². The van der Waals surface area contributed by atoms with Crippen LogP contribution in [0.4, 0.5) is 4.39 Å². The van der Waals surface area contributed by atoms with E-state index in [1.807, 2.05) is 13.8 Å². The largest absolute Gasteiger partial charge is 0.486 e. The lowest BCUT2D eigenvalue weighted by Crippen LogP contribution is -2.14. The van der Waals surface area contributed by atoms with Crippen LogP contribution in [0.3, 0.4) is 0 Å². The van der Waals surface area contributed by atoms with Gasteiger partial charge in [-0.1, -0.05) is 29.8 Å². The molecule has 0 aliphatic carbocycles. The van der Waals surface area contributed by atoms with Gasteiger partial charge < -0.3 is 4.74 Å². The molecule has 4 heteroatoms. The highest BCUT2D eigenvalue weighted by molar-refractivity contribution is 6.32. The highest BCUT2D eigenvalue weighted by Gasteiger charge is 2.10. The molecular weight excluding hydrogens is 291 g/mol. The van der Waals surface area contributed by atoms with Crippen molar-refractivity contribution in [1.82, 2.24) is 0 Å². The summed E-state index contributed by atoms with van der Waals surface area (Å²) in [5, 5.41) is 0.694. The van der Waals surface area contributed by atoms with Crippen molar-refractivity contribution in [3.63, 3.8) is 0 Å². The Labute approximate surface area is 128 Å². The van der Waals surface area contributed by atoms with Gasteiger partial charge in [0.1, 0.15) is 18.2 Å². The molecule has 0 amide bonds. The summed E-state index contributed by atoms with van der Waals surface area (Å²) in [5.74, 6) is 0.0469. The van der Waals surface area contributed by atoms with Gasteiger partial charge in [-0.25, -0.2) is 4.39 Å². The summed E-state index contributed by atoms with van der Waals surface area (Å²) < 4.78 is 18.9. The molecule has 2 rings (SSSR count). The second-order valence-electron chi connectivity index (χ2n) is 4.97. The normalized spacial score (nSPS) is 10.5. The Bertz CT molecular complexity index is 645. The first kappa shape index (κ1) is 15.5. The molecule has 2 aromatic carbocycles. The van der Waals surface area contributed by atoms with E-state index in [1.165, 1.54) is 6.07 Å². The predicted molar refractivity (Wildman–Crippen MR) is 81.5 cm³/mol. The molecule has 110 valence electrons. The standard InChI is InChI=1S/C17H16ClFO2/c1-11-7-15(8-12(2)17(11)18)21-10-14(20)9-13-5-3-4-6-16(13)19/h3-8H,9-10H2,1-2H3. The predicted octanol–water partition coefficient (Wildman–Crippen LogP) is 4.29. The maximum atomic E-state index is 13.5. The first-order chi connectivity index (χ1) is 9.97. The lowest BCUT2D eigenvalue weighted by molar-refractivity contribution is -0.120. The van der Waals surface area contributed by atoms with Gasteiger partial charge in [0.05, 0.1) is 0 Å². The summed E-state index contributed by atoms with van der Waals surface area (Å²) in [7, 11) is 0. The molecule has 0 bridgehead atoms. The summed E-state index contributed by atoms with van der Waals surface area (Å²) >= 11 is 6.07. The number of ketones is 1. The SMILES string of the molecule is Cc1cc(OCC(=O)Cc2ccccc2F)cc(C)c1Cl. The van der Waals surface area contributed by atoms with Gasteiger partial charge in [-0.2, -0.15) is 0 Å². The van der Waals surface area contributed by atoms with E-state index in [1.54, 1.807) is 30.3 Å². The topological polar surface area (TPSA) is 26.3 Å². The maximum Gasteiger partial charge on any atom is 0.174 e. The number of carbonyl (C=O) groups excluding carboxylic acids is 1. The molecule has 21 heavy (non-hydrogen) atoms. The van der Waals surface area contributed by atoms with Gasteiger partial charge in [-0.3, -0.25) is 4.79 Å². The van der Waals surface area contributed by atoms with Crippen molar-refractivity contribution in [3.8, 4) is 5.75 Å². The van der Waals surface area contributed by atoms with Crippen LogP contribution in [-0.2, 0) is 11.2 Å². The van der Waals surface area contributed by atoms with Crippen LogP contribution in [0.1, 0.15) is 16.7 Å². The smallest absolute Gasteiger partial charge is 0.174 e. The van der Waals surface area contributed by atoms with E-state index >= 15 is 0 Å². The maximum absolute atomic E-state index is 13.5. The fraction of sp³-hybridized carbons (Fsp3) is 0.235. The zero-order chi connectivity index (χ0) is 15.4. The van der Waals surface area contributed by atoms with Crippen LogP contribution in [0.15, 0.2) is 36.4 Å². The number of aryl methyl sites for hydroxylation is 2. The average Bonchev–Trinajstić information content (AvgIpc) is 2.45. The molecule has 0 aliphatic heterocycles. The lowest BCUT2D eigenvalue weighted by atomic mass is 10.1. The van der Waals surface area contributed by atoms with Crippen molar-refractivity contribution < 1.29 is 13.9 Å². The number of hydrogen-bond donors (Lipinski definition) is 0. The minimum Gasteiger partial charge on any atom is -0.486 e. The number of ether oxygens (including phenoxy) is 1. The van der Waals surface area contributed by atoms with E-state index in [-0.39, 0.29) is 24.6 Å². The van der Waals surface area contributed by atoms with E-state index < -0.39 is 0 Å². The Morgan fingerprint density at radius 2 is 1.81 bits per heavy atom. The van der Waals surface area contributed by atoms with Gasteiger partial charge in [0.2, 0.25) is 0 Å². The summed E-state index contributed by atoms with van der Waals surface area (Å²) in [6.45, 7) is 3.67. The number of carbonyl (C=O) groups is 1. The van der Waals surface area contributed by atoms with Crippen LogP contribution >= 0.6 is 11.6 Å². The van der Waals surface area contributed by atoms with Gasteiger partial charge in [0, 0.05) is 11.4 Å². The van der Waals surface area contributed by atoms with E-state index in [2.05, 4.69) is 0 Å². The number of Topliss-reactive ketones (excluding diaryl/α,β-unsaturated/α-hetero) is 1. The minimum atomic E-state index is -0.371. The molecule has 0 atom stereocenters. The van der Waals surface area contributed by atoms with Crippen LogP contribution in [0.25, 0.3) is 0 Å². The Kier molecular flexibility index (Phi) is 4.97.